The van der Waals surface area contributed by atoms with E-state index in [0.717, 1.165) is 6.42 Å². The van der Waals surface area contributed by atoms with E-state index in [2.05, 4.69) is 0 Å². The molecule has 0 spiro atoms. The van der Waals surface area contributed by atoms with Crippen molar-refractivity contribution in [2.24, 2.45) is 0 Å². The molecule has 0 saturated carbocycles. The van der Waals surface area contributed by atoms with Gasteiger partial charge in [-0.15, -0.1) is 0 Å². The summed E-state index contributed by atoms with van der Waals surface area (Å²) in [6.07, 6.45) is 0.721. The molecular weight excluding hydrogens is 194 g/mol. The minimum atomic E-state index is -2.87. The van der Waals surface area contributed by atoms with Crippen molar-refractivity contribution in [3.8, 4) is 0 Å². The lowest BCUT2D eigenvalue weighted by Crippen LogP contribution is -2.62. The zero-order valence-corrected chi connectivity index (χ0v) is 7.83. The number of carboxylic acids is 1. The van der Waals surface area contributed by atoms with Gasteiger partial charge in [0.05, 0.1) is 17.0 Å². The van der Waals surface area contributed by atoms with Crippen molar-refractivity contribution in [3.63, 3.8) is 0 Å². The van der Waals surface area contributed by atoms with E-state index in [1.165, 1.54) is 0 Å². The van der Waals surface area contributed by atoms with Gasteiger partial charge in [-0.3, -0.25) is 9.69 Å². The molecule has 2 atom stereocenters. The van der Waals surface area contributed by atoms with Gasteiger partial charge in [0.15, 0.2) is 9.84 Å². The van der Waals surface area contributed by atoms with E-state index in [9.17, 15) is 13.2 Å². The fraction of sp³-hybridized carbons (Fsp3) is 0.857. The fourth-order valence-electron chi connectivity index (χ4n) is 2.04. The predicted octanol–water partition coefficient (Wildman–Crippen LogP) is -1.06. The van der Waals surface area contributed by atoms with Crippen LogP contribution in [0, 0.1) is 0 Å². The molecule has 74 valence electrons. The third-order valence-electron chi connectivity index (χ3n) is 2.74. The average molecular weight is 205 g/mol. The molecule has 3 saturated heterocycles. The van der Waals surface area contributed by atoms with Crippen molar-refractivity contribution < 1.29 is 18.3 Å². The zero-order valence-electron chi connectivity index (χ0n) is 7.01. The Hall–Kier alpha value is -0.620. The predicted molar refractivity (Wildman–Crippen MR) is 45.2 cm³/mol. The van der Waals surface area contributed by atoms with Crippen LogP contribution in [-0.2, 0) is 14.6 Å². The first-order chi connectivity index (χ1) is 6.00. The third-order valence-corrected chi connectivity index (χ3v) is 5.28. The summed E-state index contributed by atoms with van der Waals surface area (Å²) in [5, 5.41) is 7.91. The molecule has 3 rings (SSSR count). The van der Waals surface area contributed by atoms with Crippen molar-refractivity contribution in [2.45, 2.75) is 16.9 Å². The van der Waals surface area contributed by atoms with Gasteiger partial charge >= 0.3 is 5.97 Å². The Labute approximate surface area is 76.3 Å². The molecule has 13 heavy (non-hydrogen) atoms. The van der Waals surface area contributed by atoms with Crippen molar-refractivity contribution >= 4 is 15.8 Å². The number of aliphatic carboxylic acids is 1. The molecule has 3 fully saturated rings. The molecule has 3 aliphatic heterocycles. The second-order valence-electron chi connectivity index (χ2n) is 3.66. The second-order valence-corrected chi connectivity index (χ2v) is 6.17. The Morgan fingerprint density at radius 1 is 1.38 bits per heavy atom. The second kappa shape index (κ2) is 2.68. The molecular formula is C7H11NO4S. The number of hydrogen-bond donors (Lipinski definition) is 1. The van der Waals surface area contributed by atoms with E-state index in [1.807, 2.05) is 0 Å². The van der Waals surface area contributed by atoms with E-state index >= 15 is 0 Å². The summed E-state index contributed by atoms with van der Waals surface area (Å²) in [7, 11) is -2.87. The van der Waals surface area contributed by atoms with Crippen molar-refractivity contribution in [2.75, 3.05) is 19.6 Å². The zero-order chi connectivity index (χ0) is 9.64. The summed E-state index contributed by atoms with van der Waals surface area (Å²) < 4.78 is 22.6. The highest BCUT2D eigenvalue weighted by molar-refractivity contribution is 7.94. The van der Waals surface area contributed by atoms with Gasteiger partial charge in [-0.05, 0) is 6.42 Å². The Morgan fingerprint density at radius 3 is 2.31 bits per heavy atom. The quantitative estimate of drug-likeness (QED) is 0.622. The molecule has 0 aromatic carbocycles. The SMILES string of the molecule is O=C(O)CN1CC2CC(C1)S2(=O)=O. The number of hydrogen-bond acceptors (Lipinski definition) is 4. The van der Waals surface area contributed by atoms with Crippen molar-refractivity contribution in [1.82, 2.24) is 4.90 Å². The van der Waals surface area contributed by atoms with E-state index in [4.69, 9.17) is 5.11 Å². The topological polar surface area (TPSA) is 74.7 Å². The lowest BCUT2D eigenvalue weighted by molar-refractivity contribution is -0.138. The normalized spacial score (nSPS) is 36.6. The lowest BCUT2D eigenvalue weighted by Gasteiger charge is -2.45. The van der Waals surface area contributed by atoms with Gasteiger partial charge < -0.3 is 5.11 Å². The molecule has 3 heterocycles. The minimum Gasteiger partial charge on any atom is -0.480 e. The molecule has 3 aliphatic rings. The van der Waals surface area contributed by atoms with E-state index < -0.39 is 15.8 Å². The monoisotopic (exact) mass is 205 g/mol. The lowest BCUT2D eigenvalue weighted by atomic mass is 10.1. The van der Waals surface area contributed by atoms with Gasteiger partial charge in [0.1, 0.15) is 0 Å². The summed E-state index contributed by atoms with van der Waals surface area (Å²) in [6.45, 7) is 0.749. The Balaban J connectivity index is 2.01. The van der Waals surface area contributed by atoms with Crippen LogP contribution in [0.15, 0.2) is 0 Å². The highest BCUT2D eigenvalue weighted by atomic mass is 32.2. The summed E-state index contributed by atoms with van der Waals surface area (Å²) in [5.74, 6) is -0.890. The number of sulfone groups is 1. The molecule has 0 aliphatic carbocycles. The summed E-state index contributed by atoms with van der Waals surface area (Å²) in [5.41, 5.74) is 0. The van der Waals surface area contributed by atoms with Crippen LogP contribution in [0.4, 0.5) is 0 Å². The number of nitrogens with zero attached hydrogens (tertiary/aromatic N) is 1. The first kappa shape index (κ1) is 8.96. The van der Waals surface area contributed by atoms with Gasteiger partial charge in [0.2, 0.25) is 0 Å². The molecule has 0 aromatic heterocycles. The van der Waals surface area contributed by atoms with Crippen LogP contribution >= 0.6 is 0 Å². The highest BCUT2D eigenvalue weighted by Gasteiger charge is 2.51. The van der Waals surface area contributed by atoms with Crippen LogP contribution in [0.5, 0.6) is 0 Å². The third kappa shape index (κ3) is 1.34. The number of carbonyl (C=O) groups is 1. The van der Waals surface area contributed by atoms with Gasteiger partial charge in [-0.2, -0.15) is 0 Å². The van der Waals surface area contributed by atoms with Crippen molar-refractivity contribution in [1.29, 1.82) is 0 Å². The van der Waals surface area contributed by atoms with Crippen LogP contribution in [-0.4, -0.2) is 54.5 Å². The Bertz CT molecular complexity index is 318. The van der Waals surface area contributed by atoms with E-state index in [0.29, 0.717) is 13.1 Å². The maximum atomic E-state index is 11.3. The van der Waals surface area contributed by atoms with Gasteiger partial charge in [-0.25, -0.2) is 8.42 Å². The van der Waals surface area contributed by atoms with Crippen LogP contribution in [0.1, 0.15) is 6.42 Å². The number of rotatable bonds is 2. The Kier molecular flexibility index (Phi) is 1.85. The molecule has 5 nitrogen and oxygen atoms in total. The maximum Gasteiger partial charge on any atom is 0.317 e. The number of piperidine rings is 1. The molecule has 2 bridgehead atoms. The molecule has 2 unspecified atom stereocenters. The van der Waals surface area contributed by atoms with E-state index in [1.54, 1.807) is 4.90 Å². The molecule has 6 heteroatoms. The average Bonchev–Trinajstić information content (AvgIpc) is 2.03. The summed E-state index contributed by atoms with van der Waals surface area (Å²) in [6, 6.07) is 0. The first-order valence-corrected chi connectivity index (χ1v) is 5.78. The summed E-state index contributed by atoms with van der Waals surface area (Å²) in [4.78, 5) is 12.1. The molecule has 0 amide bonds. The van der Waals surface area contributed by atoms with Gasteiger partial charge in [0, 0.05) is 13.1 Å². The van der Waals surface area contributed by atoms with Crippen molar-refractivity contribution in [3.05, 3.63) is 0 Å². The van der Waals surface area contributed by atoms with Gasteiger partial charge in [-0.1, -0.05) is 0 Å². The smallest absolute Gasteiger partial charge is 0.317 e. The minimum absolute atomic E-state index is 0.0392. The maximum absolute atomic E-state index is 11.3. The summed E-state index contributed by atoms with van der Waals surface area (Å²) >= 11 is 0. The number of fused-ring (bicyclic) bond motifs is 2. The highest BCUT2D eigenvalue weighted by Crippen LogP contribution is 2.34. The standard InChI is InChI=1S/C7H11NO4S/c9-7(10)4-8-2-5-1-6(3-8)13(5,11)12/h5-6H,1-4H2,(H,9,10). The number of carboxylic acid groups (broad SMARTS) is 1. The molecule has 0 aromatic rings. The Morgan fingerprint density at radius 2 is 1.92 bits per heavy atom. The fourth-order valence-corrected chi connectivity index (χ4v) is 4.06. The van der Waals surface area contributed by atoms with Crippen LogP contribution in [0.3, 0.4) is 0 Å². The molecule has 1 N–H and O–H groups in total. The molecule has 0 radical (unpaired) electrons. The van der Waals surface area contributed by atoms with Crippen LogP contribution in [0.25, 0.3) is 0 Å². The van der Waals surface area contributed by atoms with Crippen LogP contribution < -0.4 is 0 Å². The van der Waals surface area contributed by atoms with E-state index in [-0.39, 0.29) is 17.0 Å². The van der Waals surface area contributed by atoms with Gasteiger partial charge in [0.25, 0.3) is 0 Å². The largest absolute Gasteiger partial charge is 0.480 e. The van der Waals surface area contributed by atoms with Crippen LogP contribution in [0.2, 0.25) is 0 Å². The first-order valence-electron chi connectivity index (χ1n) is 4.17.